The van der Waals surface area contributed by atoms with Crippen LogP contribution in [0.25, 0.3) is 0 Å². The van der Waals surface area contributed by atoms with Crippen LogP contribution in [0.5, 0.6) is 0 Å². The van der Waals surface area contributed by atoms with Gasteiger partial charge in [-0.2, -0.15) is 0 Å². The van der Waals surface area contributed by atoms with Crippen LogP contribution in [-0.2, 0) is 22.3 Å². The van der Waals surface area contributed by atoms with Crippen molar-refractivity contribution in [3.63, 3.8) is 0 Å². The Hall–Kier alpha value is -0.643. The molecule has 139 valence electrons. The number of fused-ring (bicyclic) bond motifs is 2. The summed E-state index contributed by atoms with van der Waals surface area (Å²) in [5.41, 5.74) is 4.68. The van der Waals surface area contributed by atoms with Gasteiger partial charge in [0.25, 0.3) is 0 Å². The Morgan fingerprint density at radius 1 is 0.808 bits per heavy atom. The quantitative estimate of drug-likeness (QED) is 0.564. The van der Waals surface area contributed by atoms with Crippen LogP contribution < -0.4 is 5.19 Å². The molecule has 0 bridgehead atoms. The molecule has 2 saturated heterocycles. The normalized spacial score (nSPS) is 37.8. The number of rotatable bonds is 6. The number of benzene rings is 1. The first-order chi connectivity index (χ1) is 12.7. The minimum Gasteiger partial charge on any atom is -0.370 e. The molecule has 3 radical (unpaired) electrons. The lowest BCUT2D eigenvalue weighted by molar-refractivity contribution is 0.349. The van der Waals surface area contributed by atoms with E-state index in [-0.39, 0.29) is 0 Å². The Balaban J connectivity index is 1.23. The molecule has 1 aromatic rings. The van der Waals surface area contributed by atoms with Gasteiger partial charge in [-0.25, -0.2) is 0 Å². The van der Waals surface area contributed by atoms with Crippen molar-refractivity contribution in [3.05, 3.63) is 28.8 Å². The third-order valence-electron chi connectivity index (χ3n) is 7.50. The summed E-state index contributed by atoms with van der Waals surface area (Å²) in [7, 11) is 3.92. The maximum absolute atomic E-state index is 5.73. The second kappa shape index (κ2) is 7.07. The summed E-state index contributed by atoms with van der Waals surface area (Å²) in [6.07, 6.45) is 15.5. The van der Waals surface area contributed by atoms with Crippen molar-refractivity contribution in [2.24, 2.45) is 11.8 Å². The van der Waals surface area contributed by atoms with E-state index in [9.17, 15) is 0 Å². The average Bonchev–Trinajstić information content (AvgIpc) is 3.54. The largest absolute Gasteiger partial charge is 0.370 e. The third kappa shape index (κ3) is 3.68. The van der Waals surface area contributed by atoms with Crippen molar-refractivity contribution in [2.75, 3.05) is 0 Å². The topological polar surface area (TPSA) is 25.1 Å². The molecule has 4 aliphatic rings. The zero-order chi connectivity index (χ0) is 17.7. The average molecular weight is 368 g/mol. The van der Waals surface area contributed by atoms with E-state index < -0.39 is 0 Å². The van der Waals surface area contributed by atoms with E-state index in [1.165, 1.54) is 75.0 Å². The molecule has 2 aliphatic carbocycles. The van der Waals surface area contributed by atoms with Crippen LogP contribution >= 0.6 is 0 Å². The minimum absolute atomic E-state index is 0.605. The predicted octanol–water partition coefficient (Wildman–Crippen LogP) is 3.79. The van der Waals surface area contributed by atoms with E-state index in [0.29, 0.717) is 24.4 Å². The number of hydrogen-bond acceptors (Lipinski definition) is 2. The molecule has 26 heavy (non-hydrogen) atoms. The van der Waals surface area contributed by atoms with E-state index in [4.69, 9.17) is 9.47 Å². The second-order valence-corrected chi connectivity index (χ2v) is 9.79. The molecule has 0 amide bonds. The molecule has 3 heteroatoms. The SMILES string of the molecule is Cc1ccc([Si])c(CCC2CCC3OC3C2)c1CCC1CCC2OC2C1. The maximum atomic E-state index is 5.73. The van der Waals surface area contributed by atoms with Gasteiger partial charge in [0.05, 0.1) is 34.7 Å². The highest BCUT2D eigenvalue weighted by Crippen LogP contribution is 2.42. The summed E-state index contributed by atoms with van der Waals surface area (Å²) in [5, 5.41) is 1.32. The van der Waals surface area contributed by atoms with Crippen molar-refractivity contribution in [1.82, 2.24) is 0 Å². The fraction of sp³-hybridized carbons (Fsp3) is 0.739. The zero-order valence-electron chi connectivity index (χ0n) is 16.0. The van der Waals surface area contributed by atoms with E-state index >= 15 is 0 Å². The summed E-state index contributed by atoms with van der Waals surface area (Å²) in [4.78, 5) is 0. The van der Waals surface area contributed by atoms with Crippen LogP contribution in [0.3, 0.4) is 0 Å². The molecule has 0 N–H and O–H groups in total. The highest BCUT2D eigenvalue weighted by molar-refractivity contribution is 6.33. The molecule has 4 fully saturated rings. The maximum Gasteiger partial charge on any atom is 0.0844 e. The van der Waals surface area contributed by atoms with Crippen molar-refractivity contribution < 1.29 is 9.47 Å². The Labute approximate surface area is 161 Å². The monoisotopic (exact) mass is 367 g/mol. The van der Waals surface area contributed by atoms with Gasteiger partial charge in [0.2, 0.25) is 0 Å². The van der Waals surface area contributed by atoms with Crippen LogP contribution in [-0.4, -0.2) is 34.7 Å². The Morgan fingerprint density at radius 3 is 1.96 bits per heavy atom. The van der Waals surface area contributed by atoms with Crippen LogP contribution in [0.1, 0.15) is 68.1 Å². The van der Waals surface area contributed by atoms with Crippen LogP contribution in [0.4, 0.5) is 0 Å². The Morgan fingerprint density at radius 2 is 1.38 bits per heavy atom. The molecular weight excluding hydrogens is 336 g/mol. The van der Waals surface area contributed by atoms with Crippen LogP contribution in [0.15, 0.2) is 12.1 Å². The predicted molar refractivity (Wildman–Crippen MR) is 105 cm³/mol. The lowest BCUT2D eigenvalue weighted by Crippen LogP contribution is -2.20. The molecule has 6 atom stereocenters. The first kappa shape index (κ1) is 17.5. The number of ether oxygens (including phenoxy) is 2. The van der Waals surface area contributed by atoms with Gasteiger partial charge in [-0.3, -0.25) is 0 Å². The number of aryl methyl sites for hydroxylation is 1. The fourth-order valence-electron chi connectivity index (χ4n) is 5.64. The van der Waals surface area contributed by atoms with Crippen molar-refractivity contribution in [3.8, 4) is 0 Å². The molecule has 0 spiro atoms. The standard InChI is InChI=1S/C23H31O2Si/c1-14-2-11-23(26)18(8-4-16-6-10-20-22(13-16)25-20)17(14)7-3-15-5-9-19-21(12-15)24-19/h2,11,15-16,19-22H,3-10,12-13H2,1H3. The summed E-state index contributed by atoms with van der Waals surface area (Å²) in [6, 6.07) is 4.56. The van der Waals surface area contributed by atoms with E-state index in [0.717, 1.165) is 11.8 Å². The van der Waals surface area contributed by atoms with Gasteiger partial charge >= 0.3 is 0 Å². The second-order valence-electron chi connectivity index (χ2n) is 9.25. The van der Waals surface area contributed by atoms with Gasteiger partial charge in [0.1, 0.15) is 0 Å². The van der Waals surface area contributed by atoms with Crippen molar-refractivity contribution in [1.29, 1.82) is 0 Å². The molecule has 1 aromatic carbocycles. The molecule has 5 rings (SSSR count). The van der Waals surface area contributed by atoms with Gasteiger partial charge in [0.15, 0.2) is 0 Å². The van der Waals surface area contributed by atoms with Crippen LogP contribution in [0.2, 0.25) is 0 Å². The van der Waals surface area contributed by atoms with Gasteiger partial charge in [0, 0.05) is 0 Å². The molecule has 6 unspecified atom stereocenters. The van der Waals surface area contributed by atoms with Gasteiger partial charge in [-0.1, -0.05) is 17.3 Å². The van der Waals surface area contributed by atoms with Gasteiger partial charge in [-0.15, -0.1) is 0 Å². The molecule has 0 aromatic heterocycles. The molecule has 2 saturated carbocycles. The number of epoxide rings is 2. The van der Waals surface area contributed by atoms with E-state index in [1.807, 2.05) is 0 Å². The zero-order valence-corrected chi connectivity index (χ0v) is 17.0. The lowest BCUT2D eigenvalue weighted by Gasteiger charge is -2.23. The Kier molecular flexibility index (Phi) is 4.75. The van der Waals surface area contributed by atoms with E-state index in [1.54, 1.807) is 11.1 Å². The fourth-order valence-corrected chi connectivity index (χ4v) is 6.00. The summed E-state index contributed by atoms with van der Waals surface area (Å²) in [6.45, 7) is 2.30. The summed E-state index contributed by atoms with van der Waals surface area (Å²) >= 11 is 0. The molecule has 2 heterocycles. The van der Waals surface area contributed by atoms with Crippen LogP contribution in [0, 0.1) is 18.8 Å². The Bertz CT molecular complexity index is 615. The number of hydrogen-bond donors (Lipinski definition) is 0. The smallest absolute Gasteiger partial charge is 0.0844 e. The highest BCUT2D eigenvalue weighted by atomic mass is 28.1. The molecular formula is C23H31O2Si. The minimum atomic E-state index is 0.605. The van der Waals surface area contributed by atoms with E-state index in [2.05, 4.69) is 29.3 Å². The molecule has 2 nitrogen and oxygen atoms in total. The van der Waals surface area contributed by atoms with Gasteiger partial charge < -0.3 is 9.47 Å². The highest BCUT2D eigenvalue weighted by Gasteiger charge is 2.44. The summed E-state index contributed by atoms with van der Waals surface area (Å²) < 4.78 is 11.5. The van der Waals surface area contributed by atoms with Crippen molar-refractivity contribution >= 4 is 15.4 Å². The first-order valence-corrected chi connectivity index (χ1v) is 11.3. The summed E-state index contributed by atoms with van der Waals surface area (Å²) in [5.74, 6) is 1.73. The lowest BCUT2D eigenvalue weighted by atomic mass is 9.82. The van der Waals surface area contributed by atoms with Crippen molar-refractivity contribution in [2.45, 2.75) is 95.5 Å². The van der Waals surface area contributed by atoms with Gasteiger partial charge in [-0.05, 0) is 99.7 Å². The molecule has 2 aliphatic heterocycles. The third-order valence-corrected chi connectivity index (χ3v) is 7.96. The first-order valence-electron chi connectivity index (χ1n) is 10.8.